The maximum absolute atomic E-state index is 14.0. The van der Waals surface area contributed by atoms with Gasteiger partial charge in [0.05, 0.1) is 39.1 Å². The van der Waals surface area contributed by atoms with Gasteiger partial charge in [0.25, 0.3) is 0 Å². The van der Waals surface area contributed by atoms with E-state index in [1.165, 1.54) is 0 Å². The number of primary amides is 1. The second-order valence-electron chi connectivity index (χ2n) is 22.0. The molecule has 0 bridgehead atoms. The van der Waals surface area contributed by atoms with Gasteiger partial charge in [-0.1, -0.05) is 46.5 Å². The Bertz CT molecular complexity index is 2670. The van der Waals surface area contributed by atoms with Gasteiger partial charge < -0.3 is 111 Å². The lowest BCUT2D eigenvalue weighted by atomic mass is 10.0. The van der Waals surface area contributed by atoms with Crippen molar-refractivity contribution in [2.45, 2.75) is 190 Å². The van der Waals surface area contributed by atoms with E-state index in [0.717, 1.165) is 30.6 Å². The summed E-state index contributed by atoms with van der Waals surface area (Å²) < 4.78 is 0. The van der Waals surface area contributed by atoms with Crippen molar-refractivity contribution in [2.24, 2.45) is 28.1 Å². The average Bonchev–Trinajstić information content (AvgIpc) is 1.78. The Balaban J connectivity index is 3.26. The Morgan fingerprint density at radius 2 is 0.925 bits per heavy atom. The molecule has 1 saturated heterocycles. The molecule has 12 amide bonds. The number of nitrogens with two attached hydrogens (primary N) is 3. The number of unbranched alkanes of at least 4 members (excludes halogenated alkanes) is 4. The Kier molecular flexibility index (Phi) is 37.9. The van der Waals surface area contributed by atoms with Crippen molar-refractivity contribution in [3.05, 3.63) is 0 Å². The number of carboxylic acids is 4. The molecule has 23 N–H and O–H groups in total. The van der Waals surface area contributed by atoms with E-state index in [1.807, 2.05) is 28.2 Å². The Labute approximate surface area is 539 Å². The van der Waals surface area contributed by atoms with Gasteiger partial charge >= 0.3 is 23.9 Å². The second kappa shape index (κ2) is 43.0. The van der Waals surface area contributed by atoms with Crippen LogP contribution >= 0.6 is 12.6 Å². The number of rotatable bonds is 46. The molecule has 0 unspecified atom stereocenters. The molecule has 0 aliphatic carbocycles. The fourth-order valence-corrected chi connectivity index (χ4v) is 9.31. The molecule has 1 rings (SSSR count). The van der Waals surface area contributed by atoms with Gasteiger partial charge in [-0.3, -0.25) is 76.9 Å². The number of hydrogen-bond acceptors (Lipinski definition) is 21. The zero-order chi connectivity index (χ0) is 70.7. The molecule has 39 heteroatoms. The van der Waals surface area contributed by atoms with Crippen molar-refractivity contribution >= 4 is 113 Å². The number of aliphatic imine (C=N–C) groups is 1. The first-order chi connectivity index (χ1) is 43.7. The van der Waals surface area contributed by atoms with Crippen LogP contribution in [0.1, 0.15) is 124 Å². The van der Waals surface area contributed by atoms with E-state index >= 15 is 0 Å². The van der Waals surface area contributed by atoms with Crippen molar-refractivity contribution in [1.29, 1.82) is 0 Å². The maximum atomic E-state index is 14.0. The molecule has 93 heavy (non-hydrogen) atoms. The van der Waals surface area contributed by atoms with Gasteiger partial charge in [-0.2, -0.15) is 12.6 Å². The largest absolute Gasteiger partial charge is 0.481 e. The molecule has 1 aliphatic rings. The zero-order valence-corrected chi connectivity index (χ0v) is 52.6. The van der Waals surface area contributed by atoms with Crippen LogP contribution in [0.2, 0.25) is 0 Å². The van der Waals surface area contributed by atoms with Crippen LogP contribution in [0.3, 0.4) is 0 Å². The van der Waals surface area contributed by atoms with Gasteiger partial charge in [-0.05, 0) is 50.9 Å². The number of nitrogens with zero attached hydrogens (tertiary/aromatic N) is 2. The van der Waals surface area contributed by atoms with Crippen molar-refractivity contribution in [3.8, 4) is 0 Å². The monoisotopic (exact) mass is 1350 g/mol. The molecule has 38 nitrogen and oxygen atoms in total. The first kappa shape index (κ1) is 82.0. The maximum Gasteiger partial charge on any atom is 0.326 e. The number of likely N-dealkylation sites (tertiary alicyclic amines) is 1. The van der Waals surface area contributed by atoms with E-state index in [-0.39, 0.29) is 63.5 Å². The molecule has 1 aliphatic heterocycles. The number of carbonyl (C=O) groups is 16. The Morgan fingerprint density at radius 1 is 0.495 bits per heavy atom. The van der Waals surface area contributed by atoms with Crippen LogP contribution in [0, 0.1) is 5.92 Å². The third-order valence-corrected chi connectivity index (χ3v) is 14.2. The number of hydrogen-bond donors (Lipinski definition) is 21. The SMILES string of the molecule is CCCCCCCC(=O)N[C@@H](CCCN=C(N)N)C(=O)N[C@@H](CC(=O)O)C(=O)N[C@@H](CO)C(=O)N[C@@H](CO)C(=O)N[C@@H](CC(N)=O)C(=O)N[C@@H](CO)C(=O)N[C@@H](CS)C(=O)N[C@@H](CC(=O)O)C(=O)N[C@@H](CC(C)C)C(=O)N1CCC[C@H]1C(=O)N[C@@H](CCC(=O)O)C(=O)O. The number of nitrogens with one attached hydrogen (secondary N) is 10. The van der Waals surface area contributed by atoms with Crippen LogP contribution in [-0.4, -0.2) is 246 Å². The highest BCUT2D eigenvalue weighted by Crippen LogP contribution is 2.21. The summed E-state index contributed by atoms with van der Waals surface area (Å²) in [6.07, 6.45) is -0.132. The summed E-state index contributed by atoms with van der Waals surface area (Å²) in [4.78, 5) is 212. The summed E-state index contributed by atoms with van der Waals surface area (Å²) in [7, 11) is 0. The molecule has 11 atom stereocenters. The lowest BCUT2D eigenvalue weighted by molar-refractivity contribution is -0.146. The van der Waals surface area contributed by atoms with Crippen LogP contribution in [-0.2, 0) is 76.7 Å². The van der Waals surface area contributed by atoms with E-state index in [2.05, 4.69) is 49.5 Å². The zero-order valence-electron chi connectivity index (χ0n) is 51.7. The number of carboxylic acid groups (broad SMARTS) is 4. The highest BCUT2D eigenvalue weighted by Gasteiger charge is 2.41. The first-order valence-corrected chi connectivity index (χ1v) is 30.4. The van der Waals surface area contributed by atoms with Gasteiger partial charge in [-0.25, -0.2) is 4.79 Å². The van der Waals surface area contributed by atoms with E-state index in [4.69, 9.17) is 22.3 Å². The van der Waals surface area contributed by atoms with E-state index in [1.54, 1.807) is 13.8 Å². The smallest absolute Gasteiger partial charge is 0.326 e. The molecule has 0 saturated carbocycles. The predicted octanol–water partition coefficient (Wildman–Crippen LogP) is -8.03. The fourth-order valence-electron chi connectivity index (χ4n) is 9.05. The lowest BCUT2D eigenvalue weighted by Crippen LogP contribution is -2.62. The van der Waals surface area contributed by atoms with Crippen LogP contribution < -0.4 is 70.4 Å². The normalized spacial score (nSPS) is 15.8. The molecule has 0 aromatic rings. The number of aliphatic hydroxyl groups excluding tert-OH is 3. The van der Waals surface area contributed by atoms with Crippen molar-refractivity contribution in [2.75, 3.05) is 38.7 Å². The second-order valence-corrected chi connectivity index (χ2v) is 22.3. The number of amides is 12. The van der Waals surface area contributed by atoms with Crippen LogP contribution in [0.25, 0.3) is 0 Å². The summed E-state index contributed by atoms with van der Waals surface area (Å²) in [6.45, 7) is 1.47. The molecule has 1 heterocycles. The molecule has 0 aromatic heterocycles. The van der Waals surface area contributed by atoms with Crippen molar-refractivity contribution in [3.63, 3.8) is 0 Å². The molecule has 0 spiro atoms. The average molecular weight is 1350 g/mol. The van der Waals surface area contributed by atoms with Gasteiger partial charge in [0.2, 0.25) is 70.9 Å². The van der Waals surface area contributed by atoms with E-state index < -0.39 is 219 Å². The minimum atomic E-state index is -2.09. The fraction of sp³-hybridized carbons (Fsp3) is 0.685. The van der Waals surface area contributed by atoms with Gasteiger partial charge in [0.1, 0.15) is 66.5 Å². The number of guanidine groups is 1. The van der Waals surface area contributed by atoms with Crippen molar-refractivity contribution in [1.82, 2.24) is 58.1 Å². The van der Waals surface area contributed by atoms with Crippen LogP contribution in [0.5, 0.6) is 0 Å². The topological polar surface area (TPSA) is 629 Å². The number of carbonyl (C=O) groups excluding carboxylic acids is 12. The van der Waals surface area contributed by atoms with E-state index in [0.29, 0.717) is 6.42 Å². The molecular formula is C54H89N15O23S. The summed E-state index contributed by atoms with van der Waals surface area (Å²) in [5.74, 6) is -21.5. The number of aliphatic hydroxyl groups is 3. The third kappa shape index (κ3) is 31.3. The quantitative estimate of drug-likeness (QED) is 0.0116. The highest BCUT2D eigenvalue weighted by molar-refractivity contribution is 7.80. The predicted molar refractivity (Wildman–Crippen MR) is 325 cm³/mol. The van der Waals surface area contributed by atoms with Gasteiger partial charge in [-0.15, -0.1) is 0 Å². The first-order valence-electron chi connectivity index (χ1n) is 29.7. The Hall–Kier alpha value is -8.98. The van der Waals surface area contributed by atoms with Gasteiger partial charge in [0, 0.05) is 31.7 Å². The summed E-state index contributed by atoms with van der Waals surface area (Å²) in [6, 6.07) is -19.7. The molecule has 524 valence electrons. The number of aliphatic carboxylic acids is 4. The standard InChI is InChI=1S/C54H89N15O23S/c1-4-5-6-7-8-13-39(74)59-27(11-9-16-58-54(56)57)43(81)62-31(21-42(79)80)46(84)66-34(23-71)48(86)67-33(22-70)47(85)61-29(19-38(55)73)44(82)65-35(24-72)49(87)68-36(25-93)50(88)63-30(20-41(77)78)45(83)64-32(18-26(2)3)52(90)69-17-10-12-37(69)51(89)60-28(53(91)92)14-15-40(75)76/h26-37,70-72,93H,4-25H2,1-3H3,(H2,55,73)(H,59,74)(H,60,89)(H,61,85)(H,62,81)(H,63,88)(H,64,83)(H,65,82)(H,66,84)(H,67,86)(H,68,87)(H,75,76)(H,77,78)(H,79,80)(H,91,92)(H4,56,57,58)/t27-,28-,29-,30-,31-,32-,33-,34-,35-,36-,37-/m0/s1. The minimum absolute atomic E-state index is 0.0191. The van der Waals surface area contributed by atoms with Crippen molar-refractivity contribution < 1.29 is 112 Å². The third-order valence-electron chi connectivity index (χ3n) is 13.9. The summed E-state index contributed by atoms with van der Waals surface area (Å²) in [5, 5.41) is 90.0. The van der Waals surface area contributed by atoms with Crippen LogP contribution in [0.4, 0.5) is 0 Å². The van der Waals surface area contributed by atoms with Crippen LogP contribution in [0.15, 0.2) is 4.99 Å². The molecule has 0 radical (unpaired) electrons. The molecular weight excluding hydrogens is 1260 g/mol. The van der Waals surface area contributed by atoms with Gasteiger partial charge in [0.15, 0.2) is 5.96 Å². The number of thiol groups is 1. The molecule has 1 fully saturated rings. The highest BCUT2D eigenvalue weighted by atomic mass is 32.1. The summed E-state index contributed by atoms with van der Waals surface area (Å²) >= 11 is 4.04. The summed E-state index contributed by atoms with van der Waals surface area (Å²) in [5.41, 5.74) is 16.0. The Morgan fingerprint density at radius 3 is 1.34 bits per heavy atom. The van der Waals surface area contributed by atoms with E-state index in [9.17, 15) is 107 Å². The minimum Gasteiger partial charge on any atom is -0.481 e. The molecule has 0 aromatic carbocycles. The lowest BCUT2D eigenvalue weighted by Gasteiger charge is -2.31.